The first-order chi connectivity index (χ1) is 11.6. The van der Waals surface area contributed by atoms with E-state index < -0.39 is 11.9 Å². The first-order valence-corrected chi connectivity index (χ1v) is 8.71. The van der Waals surface area contributed by atoms with Crippen molar-refractivity contribution in [1.29, 1.82) is 0 Å². The second kappa shape index (κ2) is 7.52. The predicted octanol–water partition coefficient (Wildman–Crippen LogP) is 2.50. The van der Waals surface area contributed by atoms with Crippen LogP contribution in [-0.4, -0.2) is 33.9 Å². The number of thioether (sulfide) groups is 1. The molecule has 0 spiro atoms. The number of carbonyl (C=O) groups excluding carboxylic acids is 2. The van der Waals surface area contributed by atoms with Gasteiger partial charge in [0.25, 0.3) is 11.1 Å². The van der Waals surface area contributed by atoms with E-state index in [2.05, 4.69) is 20.8 Å². The van der Waals surface area contributed by atoms with Gasteiger partial charge in [0.2, 0.25) is 5.91 Å². The Kier molecular flexibility index (Phi) is 5.19. The lowest BCUT2D eigenvalue weighted by molar-refractivity contribution is -0.117. The molecule has 1 aliphatic carbocycles. The van der Waals surface area contributed by atoms with Crippen LogP contribution in [0.15, 0.2) is 26.4 Å². The van der Waals surface area contributed by atoms with Gasteiger partial charge in [-0.3, -0.25) is 10.1 Å². The summed E-state index contributed by atoms with van der Waals surface area (Å²) in [6, 6.07) is 1.45. The van der Waals surface area contributed by atoms with Crippen molar-refractivity contribution in [3.63, 3.8) is 0 Å². The van der Waals surface area contributed by atoms with Gasteiger partial charge in [-0.15, -0.1) is 10.2 Å². The molecule has 2 heterocycles. The average Bonchev–Trinajstić information content (AvgIpc) is 3.26. The lowest BCUT2D eigenvalue weighted by atomic mass is 10.2. The molecule has 0 unspecified atom stereocenters. The number of urea groups is 1. The fourth-order valence-corrected chi connectivity index (χ4v) is 3.13. The van der Waals surface area contributed by atoms with Crippen molar-refractivity contribution >= 4 is 23.7 Å². The number of hydrogen-bond donors (Lipinski definition) is 2. The summed E-state index contributed by atoms with van der Waals surface area (Å²) in [4.78, 5) is 23.5. The van der Waals surface area contributed by atoms with E-state index in [0.29, 0.717) is 11.7 Å². The number of rotatable bonds is 5. The standard InChI is InChI=1S/C15H18N4O4S/c1-9-11(6-7-22-9)13-18-19-15(23-13)24-8-12(20)17-14(21)16-10-4-2-3-5-10/h6-7,10H,2-5,8H2,1H3,(H2,16,17,20,21). The van der Waals surface area contributed by atoms with Gasteiger partial charge in [0.15, 0.2) is 0 Å². The van der Waals surface area contributed by atoms with E-state index in [-0.39, 0.29) is 17.0 Å². The van der Waals surface area contributed by atoms with Gasteiger partial charge in [0, 0.05) is 6.04 Å². The molecular weight excluding hydrogens is 332 g/mol. The second-order valence-electron chi connectivity index (χ2n) is 5.56. The highest BCUT2D eigenvalue weighted by atomic mass is 32.2. The summed E-state index contributed by atoms with van der Waals surface area (Å²) in [5.41, 5.74) is 0.717. The van der Waals surface area contributed by atoms with Crippen molar-refractivity contribution < 1.29 is 18.4 Å². The molecule has 3 rings (SSSR count). The Hall–Kier alpha value is -2.29. The van der Waals surface area contributed by atoms with Gasteiger partial charge in [0.05, 0.1) is 17.6 Å². The van der Waals surface area contributed by atoms with Crippen LogP contribution in [0, 0.1) is 6.92 Å². The lowest BCUT2D eigenvalue weighted by Crippen LogP contribution is -2.44. The van der Waals surface area contributed by atoms with Crippen molar-refractivity contribution in [2.24, 2.45) is 0 Å². The molecule has 0 atom stereocenters. The molecule has 0 aromatic carbocycles. The molecule has 1 fully saturated rings. The minimum Gasteiger partial charge on any atom is -0.469 e. The summed E-state index contributed by atoms with van der Waals surface area (Å²) < 4.78 is 10.7. The highest BCUT2D eigenvalue weighted by molar-refractivity contribution is 7.99. The maximum absolute atomic E-state index is 11.8. The molecule has 9 heteroatoms. The monoisotopic (exact) mass is 350 g/mol. The molecule has 128 valence electrons. The third kappa shape index (κ3) is 4.16. The van der Waals surface area contributed by atoms with Gasteiger partial charge in [-0.1, -0.05) is 24.6 Å². The van der Waals surface area contributed by atoms with E-state index in [0.717, 1.165) is 43.0 Å². The normalized spacial score (nSPS) is 14.7. The topological polar surface area (TPSA) is 110 Å². The largest absolute Gasteiger partial charge is 0.469 e. The molecule has 24 heavy (non-hydrogen) atoms. The van der Waals surface area contributed by atoms with E-state index in [1.807, 2.05) is 0 Å². The molecule has 0 saturated heterocycles. The fourth-order valence-electron chi connectivity index (χ4n) is 2.57. The summed E-state index contributed by atoms with van der Waals surface area (Å²) in [5, 5.41) is 13.2. The number of furan rings is 1. The Balaban J connectivity index is 1.45. The molecule has 3 amide bonds. The van der Waals surface area contributed by atoms with Crippen molar-refractivity contribution in [1.82, 2.24) is 20.8 Å². The predicted molar refractivity (Wildman–Crippen MR) is 86.4 cm³/mol. The van der Waals surface area contributed by atoms with Crippen LogP contribution in [0.4, 0.5) is 4.79 Å². The van der Waals surface area contributed by atoms with E-state index in [1.165, 1.54) is 6.26 Å². The zero-order valence-electron chi connectivity index (χ0n) is 13.2. The molecular formula is C15H18N4O4S. The van der Waals surface area contributed by atoms with Crippen molar-refractivity contribution in [2.45, 2.75) is 43.9 Å². The summed E-state index contributed by atoms with van der Waals surface area (Å²) in [6.45, 7) is 1.79. The number of nitrogens with one attached hydrogen (secondary N) is 2. The van der Waals surface area contributed by atoms with E-state index in [1.54, 1.807) is 13.0 Å². The summed E-state index contributed by atoms with van der Waals surface area (Å²) >= 11 is 1.07. The number of aromatic nitrogens is 2. The van der Waals surface area contributed by atoms with Gasteiger partial charge < -0.3 is 14.2 Å². The minimum atomic E-state index is -0.451. The third-order valence-corrected chi connectivity index (χ3v) is 4.58. The van der Waals surface area contributed by atoms with Crippen LogP contribution in [0.25, 0.3) is 11.5 Å². The number of amides is 3. The van der Waals surface area contributed by atoms with Crippen LogP contribution < -0.4 is 10.6 Å². The molecule has 0 bridgehead atoms. The zero-order valence-corrected chi connectivity index (χ0v) is 14.0. The Bertz CT molecular complexity index is 721. The lowest BCUT2D eigenvalue weighted by Gasteiger charge is -2.11. The van der Waals surface area contributed by atoms with Crippen LogP contribution in [0.3, 0.4) is 0 Å². The Morgan fingerprint density at radius 2 is 2.12 bits per heavy atom. The number of nitrogens with zero attached hydrogens (tertiary/aromatic N) is 2. The SMILES string of the molecule is Cc1occc1-c1nnc(SCC(=O)NC(=O)NC2CCCC2)o1. The van der Waals surface area contributed by atoms with Gasteiger partial charge in [-0.2, -0.15) is 0 Å². The smallest absolute Gasteiger partial charge is 0.321 e. The Labute approximate surface area is 142 Å². The van der Waals surface area contributed by atoms with Gasteiger partial charge in [0.1, 0.15) is 5.76 Å². The van der Waals surface area contributed by atoms with Crippen LogP contribution in [0.1, 0.15) is 31.4 Å². The summed E-state index contributed by atoms with van der Waals surface area (Å²) in [5.74, 6) is 0.624. The maximum atomic E-state index is 11.8. The van der Waals surface area contributed by atoms with Crippen LogP contribution in [0.2, 0.25) is 0 Å². The minimum absolute atomic E-state index is 0.0179. The Morgan fingerprint density at radius 3 is 2.83 bits per heavy atom. The highest BCUT2D eigenvalue weighted by Gasteiger charge is 2.19. The zero-order chi connectivity index (χ0) is 16.9. The van der Waals surface area contributed by atoms with Crippen LogP contribution in [0.5, 0.6) is 0 Å². The first kappa shape index (κ1) is 16.6. The van der Waals surface area contributed by atoms with Crippen molar-refractivity contribution in [2.75, 3.05) is 5.75 Å². The maximum Gasteiger partial charge on any atom is 0.321 e. The van der Waals surface area contributed by atoms with E-state index in [4.69, 9.17) is 8.83 Å². The average molecular weight is 350 g/mol. The number of carbonyl (C=O) groups is 2. The number of imide groups is 1. The molecule has 1 aliphatic rings. The van der Waals surface area contributed by atoms with Crippen LogP contribution >= 0.6 is 11.8 Å². The molecule has 2 N–H and O–H groups in total. The molecule has 2 aromatic heterocycles. The molecule has 0 aliphatic heterocycles. The summed E-state index contributed by atoms with van der Waals surface area (Å²) in [7, 11) is 0. The third-order valence-electron chi connectivity index (χ3n) is 3.77. The molecule has 2 aromatic rings. The highest BCUT2D eigenvalue weighted by Crippen LogP contribution is 2.26. The van der Waals surface area contributed by atoms with Gasteiger partial charge in [-0.05, 0) is 25.8 Å². The van der Waals surface area contributed by atoms with Crippen LogP contribution in [-0.2, 0) is 4.79 Å². The van der Waals surface area contributed by atoms with E-state index in [9.17, 15) is 9.59 Å². The molecule has 8 nitrogen and oxygen atoms in total. The number of aryl methyl sites for hydroxylation is 1. The van der Waals surface area contributed by atoms with Crippen molar-refractivity contribution in [3.8, 4) is 11.5 Å². The Morgan fingerprint density at radius 1 is 1.33 bits per heavy atom. The van der Waals surface area contributed by atoms with E-state index >= 15 is 0 Å². The van der Waals surface area contributed by atoms with Crippen molar-refractivity contribution in [3.05, 3.63) is 18.1 Å². The molecule has 0 radical (unpaired) electrons. The molecule has 1 saturated carbocycles. The summed E-state index contributed by atoms with van der Waals surface area (Å²) in [6.07, 6.45) is 5.70. The quantitative estimate of drug-likeness (QED) is 0.797. The number of hydrogen-bond acceptors (Lipinski definition) is 7. The van der Waals surface area contributed by atoms with Gasteiger partial charge in [-0.25, -0.2) is 4.79 Å². The van der Waals surface area contributed by atoms with Gasteiger partial charge >= 0.3 is 6.03 Å². The fraction of sp³-hybridized carbons (Fsp3) is 0.467. The first-order valence-electron chi connectivity index (χ1n) is 7.73. The second-order valence-corrected chi connectivity index (χ2v) is 6.48.